The van der Waals surface area contributed by atoms with Crippen LogP contribution in [0.15, 0.2) is 24.0 Å². The molecule has 98 valence electrons. The molecule has 6 heteroatoms. The van der Waals surface area contributed by atoms with Crippen molar-refractivity contribution in [1.29, 1.82) is 0 Å². The molecule has 0 aromatic heterocycles. The Balaban J connectivity index is 0. The summed E-state index contributed by atoms with van der Waals surface area (Å²) in [7, 11) is 0. The zero-order valence-electron chi connectivity index (χ0n) is 11.3. The molecular weight excluding hydrogens is 303 g/mol. The van der Waals surface area contributed by atoms with Crippen LogP contribution in [-0.4, -0.2) is 41.1 Å². The molecule has 1 aliphatic carbocycles. The monoisotopic (exact) mass is 321 g/mol. The van der Waals surface area contributed by atoms with Crippen LogP contribution in [0.5, 0.6) is 0 Å². The van der Waals surface area contributed by atoms with Crippen LogP contribution in [0, 0.1) is 0 Å². The van der Waals surface area contributed by atoms with Gasteiger partial charge in [0.05, 0.1) is 12.6 Å². The van der Waals surface area contributed by atoms with E-state index in [1.807, 2.05) is 19.1 Å². The van der Waals surface area contributed by atoms with Crippen LogP contribution in [-0.2, 0) is 24.2 Å². The van der Waals surface area contributed by atoms with Crippen LogP contribution in [0.1, 0.15) is 20.8 Å². The molecule has 0 fully saturated rings. The molecule has 0 aliphatic heterocycles. The summed E-state index contributed by atoms with van der Waals surface area (Å²) in [5.74, 6) is 0.657. The predicted octanol–water partition coefficient (Wildman–Crippen LogP) is 2.28. The Kier molecular flexibility index (Phi) is 11.5. The number of ether oxygens (including phenoxy) is 1. The van der Waals surface area contributed by atoms with Gasteiger partial charge in [0.2, 0.25) is 5.76 Å². The molecule has 0 heterocycles. The smallest absolute Gasteiger partial charge is 0.356 e. The van der Waals surface area contributed by atoms with Crippen molar-refractivity contribution in [1.82, 2.24) is 4.90 Å². The summed E-state index contributed by atoms with van der Waals surface area (Å²) in [5, 5.41) is 0. The van der Waals surface area contributed by atoms with Crippen molar-refractivity contribution in [2.75, 3.05) is 19.7 Å². The molecule has 0 saturated heterocycles. The van der Waals surface area contributed by atoms with Gasteiger partial charge >= 0.3 is 5.71 Å². The van der Waals surface area contributed by atoms with Gasteiger partial charge in [-0.2, -0.15) is 4.79 Å². The van der Waals surface area contributed by atoms with Gasteiger partial charge in [-0.3, -0.25) is 4.90 Å². The summed E-state index contributed by atoms with van der Waals surface area (Å²) in [6.07, 6.45) is 5.81. The second kappa shape index (κ2) is 10.5. The van der Waals surface area contributed by atoms with E-state index >= 15 is 0 Å². The number of hydrogen-bond donors (Lipinski definition) is 0. The Hall–Kier alpha value is -0.467. The van der Waals surface area contributed by atoms with Crippen molar-refractivity contribution < 1.29 is 29.0 Å². The minimum atomic E-state index is 0. The summed E-state index contributed by atoms with van der Waals surface area (Å²) < 4.78 is 5.45. The zero-order valence-corrected chi connectivity index (χ0v) is 15.1. The van der Waals surface area contributed by atoms with Gasteiger partial charge in [-0.1, -0.05) is 19.9 Å². The largest absolute Gasteiger partial charge is 0.487 e. The summed E-state index contributed by atoms with van der Waals surface area (Å²) in [6.45, 7) is 8.70. The van der Waals surface area contributed by atoms with E-state index < -0.39 is 0 Å². The predicted molar refractivity (Wildman–Crippen MR) is 71.4 cm³/mol. The summed E-state index contributed by atoms with van der Waals surface area (Å²) in [6, 6.07) is 0.224. The van der Waals surface area contributed by atoms with Crippen LogP contribution in [0.25, 0.3) is 5.53 Å². The van der Waals surface area contributed by atoms with Crippen molar-refractivity contribution in [2.24, 2.45) is 0 Å². The maximum atomic E-state index is 8.83. The van der Waals surface area contributed by atoms with Gasteiger partial charge < -0.3 is 10.3 Å². The SMILES string of the molecule is CCOC1=CC(N(CC)CC)C=CC1=[N+]=[N-].Cl.[Zn]. The molecule has 0 saturated carbocycles. The van der Waals surface area contributed by atoms with Gasteiger partial charge in [-0.15, -0.1) is 12.4 Å². The van der Waals surface area contributed by atoms with E-state index in [2.05, 4.69) is 23.5 Å². The van der Waals surface area contributed by atoms with Crippen molar-refractivity contribution in [3.05, 3.63) is 29.5 Å². The first-order chi connectivity index (χ1) is 7.76. The van der Waals surface area contributed by atoms with Crippen LogP contribution in [0.3, 0.4) is 0 Å². The van der Waals surface area contributed by atoms with Gasteiger partial charge in [-0.25, -0.2) is 0 Å². The fraction of sp³-hybridized carbons (Fsp3) is 0.583. The molecule has 18 heavy (non-hydrogen) atoms. The average Bonchev–Trinajstić information content (AvgIpc) is 2.31. The third-order valence-electron chi connectivity index (χ3n) is 2.67. The summed E-state index contributed by atoms with van der Waals surface area (Å²) >= 11 is 0. The standard InChI is InChI=1S/C12H19N3O.ClH.Zn/c1-4-15(5-2)10-7-8-11(14-13)12(9-10)16-6-3;;/h7-10H,4-6H2,1-3H3;1H;. The maximum absolute atomic E-state index is 8.83. The Morgan fingerprint density at radius 2 is 1.94 bits per heavy atom. The van der Waals surface area contributed by atoms with E-state index in [9.17, 15) is 0 Å². The average molecular weight is 323 g/mol. The molecular formula is C12H20ClN3OZn. The van der Waals surface area contributed by atoms with E-state index in [1.165, 1.54) is 0 Å². The fourth-order valence-corrected chi connectivity index (χ4v) is 1.80. The second-order valence-corrected chi connectivity index (χ2v) is 3.52. The molecule has 0 aromatic rings. The van der Waals surface area contributed by atoms with Gasteiger partial charge in [-0.05, 0) is 26.1 Å². The molecule has 0 bridgehead atoms. The van der Waals surface area contributed by atoms with Gasteiger partial charge in [0, 0.05) is 25.6 Å². The summed E-state index contributed by atoms with van der Waals surface area (Å²) in [4.78, 5) is 5.51. The number of halogens is 1. The molecule has 1 unspecified atom stereocenters. The third kappa shape index (κ3) is 5.03. The third-order valence-corrected chi connectivity index (χ3v) is 2.67. The first kappa shape index (κ1) is 19.9. The summed E-state index contributed by atoms with van der Waals surface area (Å²) in [5.41, 5.74) is 9.32. The molecule has 1 atom stereocenters. The topological polar surface area (TPSA) is 48.9 Å². The van der Waals surface area contributed by atoms with Gasteiger partial charge in [0.15, 0.2) is 0 Å². The number of likely N-dealkylation sites (N-methyl/N-ethyl adjacent to an activating group) is 1. The molecule has 4 nitrogen and oxygen atoms in total. The normalized spacial score (nSPS) is 17.4. The molecule has 1 aliphatic rings. The molecule has 0 amide bonds. The quantitative estimate of drug-likeness (QED) is 0.443. The number of allylic oxidation sites excluding steroid dienone is 1. The van der Waals surface area contributed by atoms with Crippen LogP contribution < -0.4 is 0 Å². The van der Waals surface area contributed by atoms with Gasteiger partial charge in [0.1, 0.15) is 0 Å². The first-order valence-electron chi connectivity index (χ1n) is 5.76. The van der Waals surface area contributed by atoms with Crippen LogP contribution in [0.4, 0.5) is 0 Å². The van der Waals surface area contributed by atoms with Crippen molar-refractivity contribution >= 4 is 18.1 Å². The van der Waals surface area contributed by atoms with Crippen molar-refractivity contribution in [3.8, 4) is 0 Å². The van der Waals surface area contributed by atoms with E-state index in [1.54, 1.807) is 6.08 Å². The van der Waals surface area contributed by atoms with E-state index in [0.717, 1.165) is 13.1 Å². The van der Waals surface area contributed by atoms with E-state index in [-0.39, 0.29) is 37.9 Å². The van der Waals surface area contributed by atoms with E-state index in [0.29, 0.717) is 18.1 Å². The minimum Gasteiger partial charge on any atom is -0.487 e. The van der Waals surface area contributed by atoms with Crippen LogP contribution >= 0.6 is 12.4 Å². The number of nitrogens with zero attached hydrogens (tertiary/aromatic N) is 3. The zero-order chi connectivity index (χ0) is 12.0. The van der Waals surface area contributed by atoms with E-state index in [4.69, 9.17) is 10.3 Å². The Labute approximate surface area is 128 Å². The van der Waals surface area contributed by atoms with Crippen molar-refractivity contribution in [2.45, 2.75) is 26.8 Å². The molecule has 0 aromatic carbocycles. The Morgan fingerprint density at radius 3 is 2.39 bits per heavy atom. The number of hydrogen-bond acceptors (Lipinski definition) is 2. The fourth-order valence-electron chi connectivity index (χ4n) is 1.80. The second-order valence-electron chi connectivity index (χ2n) is 3.52. The van der Waals surface area contributed by atoms with Gasteiger partial charge in [0.25, 0.3) is 0 Å². The number of rotatable bonds is 5. The Morgan fingerprint density at radius 1 is 1.33 bits per heavy atom. The van der Waals surface area contributed by atoms with Crippen LogP contribution in [0.2, 0.25) is 0 Å². The molecule has 1 rings (SSSR count). The van der Waals surface area contributed by atoms with Crippen molar-refractivity contribution in [3.63, 3.8) is 0 Å². The first-order valence-corrected chi connectivity index (χ1v) is 5.76. The molecule has 0 spiro atoms. The maximum Gasteiger partial charge on any atom is 0.356 e. The molecule has 0 N–H and O–H groups in total. The Bertz CT molecular complexity index is 347. The molecule has 0 radical (unpaired) electrons. The minimum absolute atomic E-state index is 0.